The van der Waals surface area contributed by atoms with Crippen molar-refractivity contribution in [3.05, 3.63) is 0 Å². The Labute approximate surface area is 523 Å². The molecule has 0 N–H and O–H groups in total. The highest BCUT2D eigenvalue weighted by atomic mass is 33.8. The summed E-state index contributed by atoms with van der Waals surface area (Å²) in [6.07, 6.45) is 11.4. The molecule has 12 nitrogen and oxygen atoms in total. The lowest BCUT2D eigenvalue weighted by Gasteiger charge is -2.45. The largest absolute Gasteiger partial charge is 0.808 e. The van der Waals surface area contributed by atoms with Gasteiger partial charge in [-0.2, -0.15) is 0 Å². The normalized spacial score (nSPS) is 20.5. The van der Waals surface area contributed by atoms with Crippen LogP contribution in [0.15, 0.2) is 0 Å². The summed E-state index contributed by atoms with van der Waals surface area (Å²) >= 11 is 0. The first-order valence-corrected chi connectivity index (χ1v) is 58.8. The molecule has 4 unspecified atom stereocenters. The Hall–Kier alpha value is 5.99. The lowest BCUT2D eigenvalue weighted by atomic mass is 9.99. The minimum atomic E-state index is -3.24. The van der Waals surface area contributed by atoms with Crippen LogP contribution in [0, 0.1) is 0 Å². The van der Waals surface area contributed by atoms with Crippen LogP contribution in [-0.4, -0.2) is 142 Å². The van der Waals surface area contributed by atoms with Gasteiger partial charge in [-0.25, -0.2) is 0 Å². The molecule has 0 spiro atoms. The molecule has 0 aromatic carbocycles. The summed E-state index contributed by atoms with van der Waals surface area (Å²) in [6.45, 7) is 40.1. The second-order valence-corrected chi connectivity index (χ2v) is 72.2. The van der Waals surface area contributed by atoms with Crippen molar-refractivity contribution < 1.29 is 53.1 Å². The van der Waals surface area contributed by atoms with Gasteiger partial charge < -0.3 is 53.1 Å². The molecule has 32 heteroatoms. The summed E-state index contributed by atoms with van der Waals surface area (Å²) in [5.41, 5.74) is 0. The quantitative estimate of drug-likeness (QED) is 0.0249. The SMILES string of the molecule is CCO[Si](OCC)(OCC)[S+](SCC)SSC1(SS[S+](SCC)[Si](OCC)(OCC)OCC)CCCCCCCCCCC1(SS[S+](SCC)[Si](OCC)(OCC)OCC)SS[S+](SCC)[Si](OCC)(OCC)OCC. The van der Waals surface area contributed by atoms with E-state index in [-0.39, 0.29) is 0 Å². The fourth-order valence-corrected chi connectivity index (χ4v) is 97.5. The zero-order chi connectivity index (χ0) is 56.7. The molecule has 0 aromatic heterocycles. The first-order chi connectivity index (χ1) is 36.8. The van der Waals surface area contributed by atoms with Crippen LogP contribution in [0.4, 0.5) is 0 Å². The van der Waals surface area contributed by atoms with Gasteiger partial charge >= 0.3 is 31.8 Å². The second-order valence-electron chi connectivity index (χ2n) is 15.2. The molecular formula is C44H100O12S16Si4+4. The Morgan fingerprint density at radius 1 is 0.263 bits per heavy atom. The van der Waals surface area contributed by atoms with Gasteiger partial charge in [-0.1, -0.05) is 79.1 Å². The van der Waals surface area contributed by atoms with Crippen LogP contribution in [0.3, 0.4) is 0 Å². The van der Waals surface area contributed by atoms with Gasteiger partial charge in [0.05, 0.1) is 43.2 Å². The zero-order valence-corrected chi connectivity index (χ0v) is 65.9. The van der Waals surface area contributed by atoms with E-state index in [1.54, 1.807) is 0 Å². The van der Waals surface area contributed by atoms with Gasteiger partial charge in [0.25, 0.3) is 0 Å². The van der Waals surface area contributed by atoms with E-state index in [9.17, 15) is 0 Å². The highest BCUT2D eigenvalue weighted by Crippen LogP contribution is 2.75. The van der Waals surface area contributed by atoms with Gasteiger partial charge in [-0.15, -0.1) is 0 Å². The Morgan fingerprint density at radius 2 is 0.421 bits per heavy atom. The molecule has 1 aliphatic carbocycles. The smallest absolute Gasteiger partial charge is 0.331 e. The molecule has 0 amide bonds. The molecule has 1 saturated carbocycles. The maximum Gasteiger partial charge on any atom is 0.808 e. The van der Waals surface area contributed by atoms with E-state index in [0.29, 0.717) is 79.3 Å². The summed E-state index contributed by atoms with van der Waals surface area (Å²) in [4.78, 5) is 0. The predicted molar refractivity (Wildman–Crippen MR) is 377 cm³/mol. The van der Waals surface area contributed by atoms with Crippen molar-refractivity contribution in [1.82, 2.24) is 0 Å². The summed E-state index contributed by atoms with van der Waals surface area (Å²) in [5.74, 6) is 3.62. The average Bonchev–Trinajstić information content (AvgIpc) is 3.39. The first-order valence-electron chi connectivity index (χ1n) is 27.5. The first kappa shape index (κ1) is 80.0. The van der Waals surface area contributed by atoms with E-state index in [4.69, 9.17) is 53.1 Å². The minimum Gasteiger partial charge on any atom is -0.331 e. The molecule has 76 heavy (non-hydrogen) atoms. The number of rotatable bonds is 48. The maximum atomic E-state index is 6.84. The van der Waals surface area contributed by atoms with Crippen molar-refractivity contribution in [2.75, 3.05) is 102 Å². The van der Waals surface area contributed by atoms with Gasteiger partial charge in [0, 0.05) is 102 Å². The van der Waals surface area contributed by atoms with Gasteiger partial charge in [-0.05, 0) is 139 Å². The molecule has 456 valence electrons. The highest BCUT2D eigenvalue weighted by molar-refractivity contribution is 9.34. The van der Waals surface area contributed by atoms with Crippen molar-refractivity contribution in [3.63, 3.8) is 0 Å². The van der Waals surface area contributed by atoms with E-state index >= 15 is 0 Å². The van der Waals surface area contributed by atoms with Crippen LogP contribution >= 0.6 is 126 Å². The van der Waals surface area contributed by atoms with Crippen molar-refractivity contribution in [1.29, 1.82) is 0 Å². The summed E-state index contributed by atoms with van der Waals surface area (Å²) < 4.78 is 81.1. The van der Waals surface area contributed by atoms with Crippen molar-refractivity contribution >= 4 is 191 Å². The molecule has 0 saturated heterocycles. The monoisotopic (exact) mass is 1440 g/mol. The van der Waals surface area contributed by atoms with E-state index in [2.05, 4.69) is 154 Å². The third kappa shape index (κ3) is 26.2. The summed E-state index contributed by atoms with van der Waals surface area (Å²) in [7, 11) is 8.91. The lowest BCUT2D eigenvalue weighted by molar-refractivity contribution is 0.0958. The minimum absolute atomic E-state index is 0.469. The standard InChI is InChI=1S/C44H100O12S16Si4/c1-17-45-73(46-18-2,47-19-3)69(57-29-13)65-61-43(62-66-70(58-30-14)74(48-20-4,49-21-5)50-22-6)41-39-37-35-33-34-36-38-40-42-44(43,63-67-71(59-31-15)75(51-23-7,52-24-8)53-25-9)64-68-72(60-32-16)76(54-26-10,55-27-11)56-28-12/h17-42H2,1-16H3/q+4. The van der Waals surface area contributed by atoms with Crippen LogP contribution < -0.4 is 0 Å². The topological polar surface area (TPSA) is 111 Å². The van der Waals surface area contributed by atoms with Crippen LogP contribution in [0.2, 0.25) is 0 Å². The van der Waals surface area contributed by atoms with Crippen LogP contribution in [0.1, 0.15) is 175 Å². The van der Waals surface area contributed by atoms with Crippen LogP contribution in [-0.2, 0) is 86.7 Å². The molecule has 1 rings (SSSR count). The molecule has 1 aliphatic rings. The molecule has 0 heterocycles. The molecule has 1 fully saturated rings. The summed E-state index contributed by atoms with van der Waals surface area (Å²) in [5, 5.41) is 0. The van der Waals surface area contributed by atoms with Gasteiger partial charge in [-0.3, -0.25) is 0 Å². The van der Waals surface area contributed by atoms with E-state index in [1.807, 2.05) is 82.5 Å². The third-order valence-corrected chi connectivity index (χ3v) is 90.7. The van der Waals surface area contributed by atoms with E-state index in [1.165, 1.54) is 25.7 Å². The van der Waals surface area contributed by atoms with Gasteiger partial charge in [0.15, 0.2) is 72.9 Å². The van der Waals surface area contributed by atoms with Gasteiger partial charge in [0.1, 0.15) is 8.16 Å². The van der Waals surface area contributed by atoms with E-state index in [0.717, 1.165) is 61.5 Å². The highest BCUT2D eigenvalue weighted by Gasteiger charge is 2.73. The lowest BCUT2D eigenvalue weighted by Crippen LogP contribution is -2.53. The Balaban J connectivity index is 4.92. The van der Waals surface area contributed by atoms with Crippen molar-refractivity contribution in [2.45, 2.75) is 183 Å². The van der Waals surface area contributed by atoms with Crippen molar-refractivity contribution in [3.8, 4) is 0 Å². The summed E-state index contributed by atoms with van der Waals surface area (Å²) in [6, 6.07) is 0. The van der Waals surface area contributed by atoms with Gasteiger partial charge in [0.2, 0.25) is 0 Å². The van der Waals surface area contributed by atoms with Crippen LogP contribution in [0.5, 0.6) is 0 Å². The molecule has 0 aliphatic heterocycles. The van der Waals surface area contributed by atoms with Crippen molar-refractivity contribution in [2.24, 2.45) is 0 Å². The molecule has 4 atom stereocenters. The zero-order valence-electron chi connectivity index (χ0n) is 48.8. The fraction of sp³-hybridized carbons (Fsp3) is 1.00. The molecule has 0 radical (unpaired) electrons. The maximum absolute atomic E-state index is 6.84. The second kappa shape index (κ2) is 47.9. The fourth-order valence-electron chi connectivity index (χ4n) is 7.11. The Kier molecular flexibility index (Phi) is 50.4. The van der Waals surface area contributed by atoms with E-state index < -0.39 is 73.6 Å². The molecular weight excluding hydrogens is 1350 g/mol. The molecule has 0 bridgehead atoms. The Morgan fingerprint density at radius 3 is 0.566 bits per heavy atom. The Bertz CT molecular complexity index is 1160. The predicted octanol–water partition coefficient (Wildman–Crippen LogP) is 17.8. The molecule has 0 aromatic rings. The van der Waals surface area contributed by atoms with Crippen LogP contribution in [0.25, 0.3) is 0 Å². The third-order valence-electron chi connectivity index (χ3n) is 9.83. The number of hydrogen-bond acceptors (Lipinski definition) is 24. The average molecular weight is 1450 g/mol. The number of hydrogen-bond donors (Lipinski definition) is 0.